The molecule has 1 atom stereocenters. The summed E-state index contributed by atoms with van der Waals surface area (Å²) in [5.41, 5.74) is 1.88. The minimum Gasteiger partial charge on any atom is -0.293 e. The lowest BCUT2D eigenvalue weighted by Gasteiger charge is -2.14. The van der Waals surface area contributed by atoms with Crippen molar-refractivity contribution in [3.05, 3.63) is 64.7 Å². The molecule has 1 unspecified atom stereocenters. The van der Waals surface area contributed by atoms with Crippen LogP contribution >= 0.6 is 35.0 Å². The fourth-order valence-corrected chi connectivity index (χ4v) is 3.50. The summed E-state index contributed by atoms with van der Waals surface area (Å²) in [5.74, 6) is 0.556. The lowest BCUT2D eigenvalue weighted by atomic mass is 10.1. The highest BCUT2D eigenvalue weighted by Crippen LogP contribution is 2.29. The lowest BCUT2D eigenvalue weighted by molar-refractivity contribution is 0.0988. The first-order chi connectivity index (χ1) is 10.1. The fourth-order valence-electron chi connectivity index (χ4n) is 1.92. The second kappa shape index (κ2) is 7.88. The molecule has 0 spiro atoms. The molecule has 1 nitrogen and oxygen atoms in total. The quantitative estimate of drug-likeness (QED) is 0.386. The molecule has 0 heterocycles. The highest BCUT2D eigenvalue weighted by Gasteiger charge is 2.20. The van der Waals surface area contributed by atoms with Gasteiger partial charge in [-0.3, -0.25) is 4.79 Å². The summed E-state index contributed by atoms with van der Waals surface area (Å²) in [6.07, 6.45) is 0.640. The predicted molar refractivity (Wildman–Crippen MR) is 91.9 cm³/mol. The number of thioether (sulfide) groups is 1. The second-order valence-electron chi connectivity index (χ2n) is 4.77. The van der Waals surface area contributed by atoms with Crippen LogP contribution in [0.5, 0.6) is 0 Å². The average Bonchev–Trinajstić information content (AvgIpc) is 2.49. The molecule has 0 aliphatic heterocycles. The zero-order chi connectivity index (χ0) is 15.2. The number of halogens is 2. The third kappa shape index (κ3) is 4.77. The molecule has 0 fully saturated rings. The van der Waals surface area contributed by atoms with Gasteiger partial charge >= 0.3 is 0 Å². The number of ketones is 1. The summed E-state index contributed by atoms with van der Waals surface area (Å²) in [4.78, 5) is 13.7. The molecule has 0 radical (unpaired) electrons. The molecule has 0 bridgehead atoms. The van der Waals surface area contributed by atoms with Gasteiger partial charge in [0.25, 0.3) is 0 Å². The van der Waals surface area contributed by atoms with Gasteiger partial charge in [0, 0.05) is 21.4 Å². The second-order valence-corrected chi connectivity index (χ2v) is 6.86. The maximum atomic E-state index is 12.6. The van der Waals surface area contributed by atoms with Gasteiger partial charge in [0.2, 0.25) is 0 Å². The first-order valence-electron chi connectivity index (χ1n) is 6.69. The number of alkyl halides is 1. The van der Waals surface area contributed by atoms with Crippen LogP contribution in [-0.2, 0) is 0 Å². The first kappa shape index (κ1) is 16.4. The average molecular weight is 339 g/mol. The Morgan fingerprint density at radius 1 is 1.10 bits per heavy atom. The van der Waals surface area contributed by atoms with Gasteiger partial charge < -0.3 is 0 Å². The highest BCUT2D eigenvalue weighted by molar-refractivity contribution is 8.00. The zero-order valence-electron chi connectivity index (χ0n) is 11.7. The smallest absolute Gasteiger partial charge is 0.176 e. The highest BCUT2D eigenvalue weighted by atomic mass is 35.5. The number of Topliss-reactive ketones (excluding diaryl/α,β-unsaturated/α-hetero) is 1. The summed E-state index contributed by atoms with van der Waals surface area (Å²) in [5, 5.41) is 0.456. The van der Waals surface area contributed by atoms with E-state index in [-0.39, 0.29) is 11.0 Å². The Labute approximate surface area is 139 Å². The fraction of sp³-hybridized carbons (Fsp3) is 0.235. The molecule has 2 aromatic rings. The van der Waals surface area contributed by atoms with Crippen molar-refractivity contribution in [2.75, 3.05) is 5.88 Å². The molecule has 2 rings (SSSR count). The van der Waals surface area contributed by atoms with Gasteiger partial charge in [-0.25, -0.2) is 0 Å². The van der Waals surface area contributed by atoms with Crippen LogP contribution in [0.2, 0.25) is 5.02 Å². The van der Waals surface area contributed by atoms with E-state index in [1.807, 2.05) is 31.2 Å². The molecule has 21 heavy (non-hydrogen) atoms. The van der Waals surface area contributed by atoms with E-state index < -0.39 is 0 Å². The van der Waals surface area contributed by atoms with E-state index in [9.17, 15) is 4.79 Å². The van der Waals surface area contributed by atoms with Gasteiger partial charge in [-0.15, -0.1) is 23.4 Å². The third-order valence-corrected chi connectivity index (χ3v) is 4.84. The number of aryl methyl sites for hydroxylation is 1. The molecule has 0 N–H and O–H groups in total. The maximum Gasteiger partial charge on any atom is 0.176 e. The topological polar surface area (TPSA) is 17.1 Å². The van der Waals surface area contributed by atoms with E-state index in [1.54, 1.807) is 36.0 Å². The summed E-state index contributed by atoms with van der Waals surface area (Å²) in [6.45, 7) is 2.05. The van der Waals surface area contributed by atoms with Crippen molar-refractivity contribution in [3.63, 3.8) is 0 Å². The van der Waals surface area contributed by atoms with Crippen molar-refractivity contribution in [2.24, 2.45) is 0 Å². The van der Waals surface area contributed by atoms with Crippen molar-refractivity contribution >= 4 is 40.7 Å². The molecule has 0 aliphatic rings. The number of hydrogen-bond donors (Lipinski definition) is 0. The van der Waals surface area contributed by atoms with E-state index in [4.69, 9.17) is 23.2 Å². The van der Waals surface area contributed by atoms with Crippen molar-refractivity contribution in [3.8, 4) is 0 Å². The van der Waals surface area contributed by atoms with Crippen molar-refractivity contribution in [2.45, 2.75) is 23.5 Å². The number of benzene rings is 2. The van der Waals surface area contributed by atoms with Crippen molar-refractivity contribution in [1.82, 2.24) is 0 Å². The Bertz CT molecular complexity index is 593. The molecular formula is C17H16Cl2OS. The minimum atomic E-state index is -0.175. The molecule has 0 saturated carbocycles. The van der Waals surface area contributed by atoms with Gasteiger partial charge in [0.15, 0.2) is 5.78 Å². The normalized spacial score (nSPS) is 12.1. The van der Waals surface area contributed by atoms with Crippen molar-refractivity contribution in [1.29, 1.82) is 0 Å². The molecule has 0 aromatic heterocycles. The van der Waals surface area contributed by atoms with E-state index in [2.05, 4.69) is 0 Å². The molecule has 110 valence electrons. The SMILES string of the molecule is Cc1ccc(SC(CCCl)C(=O)c2ccc(Cl)cc2)cc1. The minimum absolute atomic E-state index is 0.0953. The van der Waals surface area contributed by atoms with Crippen LogP contribution in [0.4, 0.5) is 0 Å². The van der Waals surface area contributed by atoms with Crippen LogP contribution in [-0.4, -0.2) is 16.9 Å². The van der Waals surface area contributed by atoms with Crippen LogP contribution in [0.3, 0.4) is 0 Å². The third-order valence-electron chi connectivity index (χ3n) is 3.09. The lowest BCUT2D eigenvalue weighted by Crippen LogP contribution is -2.18. The van der Waals surface area contributed by atoms with E-state index in [0.29, 0.717) is 22.9 Å². The Hall–Kier alpha value is -0.960. The number of rotatable bonds is 6. The molecule has 4 heteroatoms. The Balaban J connectivity index is 2.15. The van der Waals surface area contributed by atoms with E-state index in [0.717, 1.165) is 4.90 Å². The largest absolute Gasteiger partial charge is 0.293 e. The Kier molecular flexibility index (Phi) is 6.16. The van der Waals surface area contributed by atoms with Gasteiger partial charge in [-0.2, -0.15) is 0 Å². The number of hydrogen-bond acceptors (Lipinski definition) is 2. The van der Waals surface area contributed by atoms with Gasteiger partial charge in [0.05, 0.1) is 5.25 Å². The Morgan fingerprint density at radius 2 is 1.71 bits per heavy atom. The number of carbonyl (C=O) groups is 1. The predicted octanol–water partition coefficient (Wildman–Crippen LogP) is 5.62. The van der Waals surface area contributed by atoms with Gasteiger partial charge in [0.1, 0.15) is 0 Å². The summed E-state index contributed by atoms with van der Waals surface area (Å²) in [6, 6.07) is 15.2. The van der Waals surface area contributed by atoms with E-state index >= 15 is 0 Å². The van der Waals surface area contributed by atoms with Gasteiger partial charge in [-0.1, -0.05) is 29.3 Å². The Morgan fingerprint density at radius 3 is 2.29 bits per heavy atom. The van der Waals surface area contributed by atoms with Crippen LogP contribution in [0.1, 0.15) is 22.3 Å². The monoisotopic (exact) mass is 338 g/mol. The summed E-state index contributed by atoms with van der Waals surface area (Å²) >= 11 is 13.3. The van der Waals surface area contributed by atoms with Crippen LogP contribution < -0.4 is 0 Å². The standard InChI is InChI=1S/C17H16Cl2OS/c1-12-2-8-15(9-3-12)21-16(10-11-18)17(20)13-4-6-14(19)7-5-13/h2-9,16H,10-11H2,1H3. The maximum absolute atomic E-state index is 12.6. The van der Waals surface area contributed by atoms with E-state index in [1.165, 1.54) is 5.56 Å². The number of carbonyl (C=O) groups excluding carboxylic acids is 1. The zero-order valence-corrected chi connectivity index (χ0v) is 14.0. The molecule has 0 aliphatic carbocycles. The van der Waals surface area contributed by atoms with Crippen molar-refractivity contribution < 1.29 is 4.79 Å². The molecular weight excluding hydrogens is 323 g/mol. The first-order valence-corrected chi connectivity index (χ1v) is 8.48. The van der Waals surface area contributed by atoms with Crippen LogP contribution in [0, 0.1) is 6.92 Å². The molecule has 2 aromatic carbocycles. The molecule has 0 amide bonds. The molecule has 0 saturated heterocycles. The van der Waals surface area contributed by atoms with Crippen LogP contribution in [0.25, 0.3) is 0 Å². The summed E-state index contributed by atoms with van der Waals surface area (Å²) < 4.78 is 0. The summed E-state index contributed by atoms with van der Waals surface area (Å²) in [7, 11) is 0. The van der Waals surface area contributed by atoms with Crippen LogP contribution in [0.15, 0.2) is 53.4 Å². The van der Waals surface area contributed by atoms with Gasteiger partial charge in [-0.05, 0) is 49.7 Å².